The molecule has 2 aromatic rings. The van der Waals surface area contributed by atoms with Crippen LogP contribution in [0.25, 0.3) is 0 Å². The fraction of sp³-hybridized carbons (Fsp3) is 0.364. The Labute approximate surface area is 121 Å². The summed E-state index contributed by atoms with van der Waals surface area (Å²) in [5, 5.41) is 4.33. The Balaban J connectivity index is 2.19. The van der Waals surface area contributed by atoms with Crippen LogP contribution >= 0.6 is 43.2 Å². The van der Waals surface area contributed by atoms with Crippen LogP contribution in [0.15, 0.2) is 19.7 Å². The molecule has 6 heteroatoms. The minimum absolute atomic E-state index is 0.0123. The Bertz CT molecular complexity index is 533. The van der Waals surface area contributed by atoms with Gasteiger partial charge in [-0.05, 0) is 56.5 Å². The number of aryl methyl sites for hydroxylation is 2. The molecule has 0 saturated carbocycles. The van der Waals surface area contributed by atoms with Crippen molar-refractivity contribution < 1.29 is 0 Å². The molecule has 0 saturated heterocycles. The van der Waals surface area contributed by atoms with Crippen molar-refractivity contribution in [2.75, 3.05) is 0 Å². The van der Waals surface area contributed by atoms with E-state index in [0.29, 0.717) is 0 Å². The SMILES string of the molecule is Cc1cc(CC(N)c2cc(Br)sc2Br)n(C)n1. The van der Waals surface area contributed by atoms with Crippen molar-refractivity contribution in [3.05, 3.63) is 36.7 Å². The van der Waals surface area contributed by atoms with Crippen molar-refractivity contribution in [2.24, 2.45) is 12.8 Å². The van der Waals surface area contributed by atoms with Crippen molar-refractivity contribution >= 4 is 43.2 Å². The van der Waals surface area contributed by atoms with Gasteiger partial charge in [-0.25, -0.2) is 0 Å². The second-order valence-corrected chi connectivity index (χ2v) is 7.74. The summed E-state index contributed by atoms with van der Waals surface area (Å²) in [6.07, 6.45) is 0.791. The van der Waals surface area contributed by atoms with Crippen molar-refractivity contribution in [3.63, 3.8) is 0 Å². The Hall–Kier alpha value is -0.170. The summed E-state index contributed by atoms with van der Waals surface area (Å²) in [5.74, 6) is 0. The Kier molecular flexibility index (Phi) is 4.07. The highest BCUT2D eigenvalue weighted by molar-refractivity contribution is 9.12. The molecule has 0 radical (unpaired) electrons. The molecular formula is C11H13Br2N3S. The number of nitrogens with zero attached hydrogens (tertiary/aromatic N) is 2. The third-order valence-electron chi connectivity index (χ3n) is 2.61. The van der Waals surface area contributed by atoms with Crippen molar-refractivity contribution in [3.8, 4) is 0 Å². The van der Waals surface area contributed by atoms with Crippen LogP contribution in [-0.4, -0.2) is 9.78 Å². The van der Waals surface area contributed by atoms with Gasteiger partial charge >= 0.3 is 0 Å². The van der Waals surface area contributed by atoms with Gasteiger partial charge in [-0.1, -0.05) is 0 Å². The lowest BCUT2D eigenvalue weighted by Crippen LogP contribution is -2.15. The second kappa shape index (κ2) is 5.22. The number of aromatic nitrogens is 2. The van der Waals surface area contributed by atoms with E-state index >= 15 is 0 Å². The highest BCUT2D eigenvalue weighted by atomic mass is 79.9. The lowest BCUT2D eigenvalue weighted by atomic mass is 10.1. The summed E-state index contributed by atoms with van der Waals surface area (Å²) in [6, 6.07) is 4.14. The second-order valence-electron chi connectivity index (χ2n) is 3.99. The Morgan fingerprint density at radius 1 is 1.47 bits per heavy atom. The van der Waals surface area contributed by atoms with Crippen LogP contribution in [0.2, 0.25) is 0 Å². The quantitative estimate of drug-likeness (QED) is 0.887. The average Bonchev–Trinajstić information content (AvgIpc) is 2.70. The van der Waals surface area contributed by atoms with Crippen molar-refractivity contribution in [2.45, 2.75) is 19.4 Å². The minimum atomic E-state index is -0.0123. The molecule has 0 aliphatic rings. The van der Waals surface area contributed by atoms with E-state index in [1.165, 1.54) is 0 Å². The highest BCUT2D eigenvalue weighted by Gasteiger charge is 2.15. The molecule has 2 N–H and O–H groups in total. The maximum Gasteiger partial charge on any atom is 0.0758 e. The fourth-order valence-corrected chi connectivity index (χ4v) is 4.80. The summed E-state index contributed by atoms with van der Waals surface area (Å²) >= 11 is 8.66. The number of rotatable bonds is 3. The first-order valence-corrected chi connectivity index (χ1v) is 7.57. The van der Waals surface area contributed by atoms with Crippen LogP contribution in [0.3, 0.4) is 0 Å². The lowest BCUT2D eigenvalue weighted by molar-refractivity contribution is 0.639. The average molecular weight is 379 g/mol. The van der Waals surface area contributed by atoms with E-state index in [2.05, 4.69) is 49.1 Å². The molecule has 0 aliphatic carbocycles. The predicted molar refractivity (Wildman–Crippen MR) is 78.3 cm³/mol. The van der Waals surface area contributed by atoms with E-state index in [4.69, 9.17) is 5.73 Å². The molecule has 17 heavy (non-hydrogen) atoms. The summed E-state index contributed by atoms with van der Waals surface area (Å²) in [7, 11) is 1.95. The summed E-state index contributed by atoms with van der Waals surface area (Å²) < 4.78 is 4.08. The lowest BCUT2D eigenvalue weighted by Gasteiger charge is -2.10. The van der Waals surface area contributed by atoms with E-state index in [-0.39, 0.29) is 6.04 Å². The zero-order valence-corrected chi connectivity index (χ0v) is 13.6. The monoisotopic (exact) mass is 377 g/mol. The van der Waals surface area contributed by atoms with Gasteiger partial charge in [-0.15, -0.1) is 11.3 Å². The van der Waals surface area contributed by atoms with Crippen LogP contribution in [0.4, 0.5) is 0 Å². The molecule has 2 rings (SSSR count). The standard InChI is InChI=1S/C11H13Br2N3S/c1-6-3-7(16(2)15-6)4-9(14)8-5-10(12)17-11(8)13/h3,5,9H,4,14H2,1-2H3. The van der Waals surface area contributed by atoms with E-state index in [1.54, 1.807) is 11.3 Å². The van der Waals surface area contributed by atoms with Gasteiger partial charge < -0.3 is 5.73 Å². The molecule has 2 heterocycles. The van der Waals surface area contributed by atoms with Crippen LogP contribution < -0.4 is 5.73 Å². The maximum atomic E-state index is 6.23. The third kappa shape index (κ3) is 2.99. The summed E-state index contributed by atoms with van der Waals surface area (Å²) in [6.45, 7) is 1.99. The van der Waals surface area contributed by atoms with Gasteiger partial charge in [0.05, 0.1) is 13.3 Å². The van der Waals surface area contributed by atoms with E-state index in [9.17, 15) is 0 Å². The van der Waals surface area contributed by atoms with Gasteiger partial charge in [-0.3, -0.25) is 4.68 Å². The first-order chi connectivity index (χ1) is 7.97. The minimum Gasteiger partial charge on any atom is -0.324 e. The van der Waals surface area contributed by atoms with Gasteiger partial charge in [0.1, 0.15) is 0 Å². The Morgan fingerprint density at radius 3 is 2.65 bits per heavy atom. The third-order valence-corrected chi connectivity index (χ3v) is 5.00. The fourth-order valence-electron chi connectivity index (χ4n) is 1.80. The molecular weight excluding hydrogens is 366 g/mol. The van der Waals surface area contributed by atoms with E-state index in [1.807, 2.05) is 18.7 Å². The van der Waals surface area contributed by atoms with Gasteiger partial charge in [0.2, 0.25) is 0 Å². The number of halogens is 2. The van der Waals surface area contributed by atoms with E-state index in [0.717, 1.165) is 30.9 Å². The molecule has 2 aromatic heterocycles. The molecule has 0 amide bonds. The van der Waals surface area contributed by atoms with Crippen LogP contribution in [0, 0.1) is 6.92 Å². The number of thiophene rings is 1. The van der Waals surface area contributed by atoms with E-state index < -0.39 is 0 Å². The molecule has 0 fully saturated rings. The van der Waals surface area contributed by atoms with Crippen LogP contribution in [-0.2, 0) is 13.5 Å². The van der Waals surface area contributed by atoms with Gasteiger partial charge in [0.15, 0.2) is 0 Å². The normalized spacial score (nSPS) is 13.0. The molecule has 1 atom stereocenters. The van der Waals surface area contributed by atoms with Crippen molar-refractivity contribution in [1.82, 2.24) is 9.78 Å². The molecule has 0 aliphatic heterocycles. The van der Waals surface area contributed by atoms with Gasteiger partial charge in [0, 0.05) is 25.2 Å². The molecule has 0 bridgehead atoms. The predicted octanol–water partition coefficient (Wildman–Crippen LogP) is 3.56. The van der Waals surface area contributed by atoms with Crippen LogP contribution in [0.1, 0.15) is 23.0 Å². The largest absolute Gasteiger partial charge is 0.324 e. The number of nitrogens with two attached hydrogens (primary N) is 1. The topological polar surface area (TPSA) is 43.8 Å². The summed E-state index contributed by atoms with van der Waals surface area (Å²) in [4.78, 5) is 0. The smallest absolute Gasteiger partial charge is 0.0758 e. The maximum absolute atomic E-state index is 6.23. The first kappa shape index (κ1) is 13.3. The molecule has 1 unspecified atom stereocenters. The Morgan fingerprint density at radius 2 is 2.18 bits per heavy atom. The zero-order chi connectivity index (χ0) is 12.6. The highest BCUT2D eigenvalue weighted by Crippen LogP contribution is 2.35. The zero-order valence-electron chi connectivity index (χ0n) is 9.58. The van der Waals surface area contributed by atoms with Gasteiger partial charge in [-0.2, -0.15) is 5.10 Å². The molecule has 3 nitrogen and oxygen atoms in total. The van der Waals surface area contributed by atoms with Crippen LogP contribution in [0.5, 0.6) is 0 Å². The molecule has 0 aromatic carbocycles. The number of hydrogen-bond acceptors (Lipinski definition) is 3. The van der Waals surface area contributed by atoms with Crippen molar-refractivity contribution in [1.29, 1.82) is 0 Å². The number of hydrogen-bond donors (Lipinski definition) is 1. The summed E-state index contributed by atoms with van der Waals surface area (Å²) in [5.41, 5.74) is 9.56. The first-order valence-electron chi connectivity index (χ1n) is 5.17. The molecule has 92 valence electrons. The van der Waals surface area contributed by atoms with Gasteiger partial charge in [0.25, 0.3) is 0 Å². The molecule has 0 spiro atoms.